The molecule has 4 rings (SSSR count). The number of fused-ring (bicyclic) bond motifs is 1. The number of anilines is 1. The SMILES string of the molecule is CCC[C@]1(C(=O)O)N[C@@H](c2ccc(OC)cc2O)[C@H]2C(=O)N(c3ccc(OC)cc3)C(=O)[C@@H]21. The van der Waals surface area contributed by atoms with E-state index in [4.69, 9.17) is 9.47 Å². The van der Waals surface area contributed by atoms with Crippen LogP contribution in [0.4, 0.5) is 5.69 Å². The minimum Gasteiger partial charge on any atom is -0.507 e. The summed E-state index contributed by atoms with van der Waals surface area (Å²) in [4.78, 5) is 40.8. The number of aliphatic carboxylic acids is 1. The molecule has 9 heteroatoms. The van der Waals surface area contributed by atoms with Crippen molar-refractivity contribution in [1.82, 2.24) is 5.32 Å². The first-order valence-corrected chi connectivity index (χ1v) is 10.7. The van der Waals surface area contributed by atoms with Crippen molar-refractivity contribution < 1.29 is 34.1 Å². The van der Waals surface area contributed by atoms with Gasteiger partial charge in [0.05, 0.1) is 31.7 Å². The molecule has 2 saturated heterocycles. The lowest BCUT2D eigenvalue weighted by Gasteiger charge is -2.31. The quantitative estimate of drug-likeness (QED) is 0.545. The largest absolute Gasteiger partial charge is 0.507 e. The Kier molecular flexibility index (Phi) is 5.75. The number of benzene rings is 2. The predicted molar refractivity (Wildman–Crippen MR) is 118 cm³/mol. The number of nitrogens with zero attached hydrogens (tertiary/aromatic N) is 1. The summed E-state index contributed by atoms with van der Waals surface area (Å²) in [5, 5.41) is 24.0. The van der Waals surface area contributed by atoms with Gasteiger partial charge in [0, 0.05) is 17.7 Å². The fraction of sp³-hybridized carbons (Fsp3) is 0.375. The van der Waals surface area contributed by atoms with Gasteiger partial charge in [-0.3, -0.25) is 19.7 Å². The van der Waals surface area contributed by atoms with Gasteiger partial charge >= 0.3 is 5.97 Å². The van der Waals surface area contributed by atoms with Gasteiger partial charge in [-0.1, -0.05) is 19.4 Å². The smallest absolute Gasteiger partial charge is 0.324 e. The molecule has 0 aliphatic carbocycles. The van der Waals surface area contributed by atoms with E-state index in [2.05, 4.69) is 5.32 Å². The maximum Gasteiger partial charge on any atom is 0.324 e. The number of hydrogen-bond donors (Lipinski definition) is 3. The Morgan fingerprint density at radius 1 is 1.06 bits per heavy atom. The zero-order chi connectivity index (χ0) is 23.9. The van der Waals surface area contributed by atoms with Gasteiger partial charge in [0.25, 0.3) is 0 Å². The van der Waals surface area contributed by atoms with Gasteiger partial charge in [0.15, 0.2) is 0 Å². The predicted octanol–water partition coefficient (Wildman–Crippen LogP) is 2.48. The van der Waals surface area contributed by atoms with E-state index in [1.807, 2.05) is 6.92 Å². The maximum absolute atomic E-state index is 13.6. The number of hydrogen-bond acceptors (Lipinski definition) is 7. The number of aromatic hydroxyl groups is 1. The van der Waals surface area contributed by atoms with Crippen LogP contribution in [0.3, 0.4) is 0 Å². The Labute approximate surface area is 190 Å². The van der Waals surface area contributed by atoms with Crippen LogP contribution in [0, 0.1) is 11.8 Å². The van der Waals surface area contributed by atoms with E-state index >= 15 is 0 Å². The average molecular weight is 454 g/mol. The van der Waals surface area contributed by atoms with E-state index in [1.54, 1.807) is 36.4 Å². The number of rotatable bonds is 7. The summed E-state index contributed by atoms with van der Waals surface area (Å²) in [6, 6.07) is 10.2. The third kappa shape index (κ3) is 3.39. The molecule has 174 valence electrons. The second-order valence-corrected chi connectivity index (χ2v) is 8.29. The molecular weight excluding hydrogens is 428 g/mol. The molecule has 0 unspecified atom stereocenters. The second kappa shape index (κ2) is 8.40. The van der Waals surface area contributed by atoms with Crippen LogP contribution in [0.2, 0.25) is 0 Å². The number of carboxylic acids is 1. The van der Waals surface area contributed by atoms with Crippen LogP contribution < -0.4 is 19.7 Å². The highest BCUT2D eigenvalue weighted by Gasteiger charge is 2.68. The van der Waals surface area contributed by atoms with Crippen molar-refractivity contribution in [3.63, 3.8) is 0 Å². The van der Waals surface area contributed by atoms with Crippen molar-refractivity contribution in [3.05, 3.63) is 48.0 Å². The zero-order valence-electron chi connectivity index (χ0n) is 18.6. The van der Waals surface area contributed by atoms with Crippen LogP contribution in [0.25, 0.3) is 0 Å². The summed E-state index contributed by atoms with van der Waals surface area (Å²) >= 11 is 0. The van der Waals surface area contributed by atoms with E-state index in [9.17, 15) is 24.6 Å². The van der Waals surface area contributed by atoms with E-state index in [-0.39, 0.29) is 12.2 Å². The number of nitrogens with one attached hydrogen (secondary N) is 1. The Morgan fingerprint density at radius 2 is 1.70 bits per heavy atom. The molecule has 9 nitrogen and oxygen atoms in total. The molecule has 3 N–H and O–H groups in total. The molecule has 0 spiro atoms. The van der Waals surface area contributed by atoms with E-state index in [1.165, 1.54) is 20.3 Å². The molecule has 4 atom stereocenters. The van der Waals surface area contributed by atoms with Gasteiger partial charge in [-0.05, 0) is 36.8 Å². The molecule has 0 bridgehead atoms. The number of carboxylic acid groups (broad SMARTS) is 1. The number of carbonyl (C=O) groups is 3. The zero-order valence-corrected chi connectivity index (χ0v) is 18.6. The average Bonchev–Trinajstić information content (AvgIpc) is 3.28. The summed E-state index contributed by atoms with van der Waals surface area (Å²) < 4.78 is 10.3. The number of amides is 2. The summed E-state index contributed by atoms with van der Waals surface area (Å²) in [5.74, 6) is -3.59. The molecule has 0 aromatic heterocycles. The number of ether oxygens (including phenoxy) is 2. The van der Waals surface area contributed by atoms with Crippen molar-refractivity contribution in [2.75, 3.05) is 19.1 Å². The molecule has 2 aromatic rings. The van der Waals surface area contributed by atoms with Crippen LogP contribution in [0.1, 0.15) is 31.4 Å². The topological polar surface area (TPSA) is 125 Å². The van der Waals surface area contributed by atoms with Gasteiger partial charge in [-0.15, -0.1) is 0 Å². The van der Waals surface area contributed by atoms with E-state index in [0.717, 1.165) is 4.90 Å². The Hall–Kier alpha value is -3.59. The van der Waals surface area contributed by atoms with Crippen molar-refractivity contribution >= 4 is 23.5 Å². The van der Waals surface area contributed by atoms with Crippen molar-refractivity contribution in [2.24, 2.45) is 11.8 Å². The molecule has 33 heavy (non-hydrogen) atoms. The van der Waals surface area contributed by atoms with Crippen molar-refractivity contribution in [1.29, 1.82) is 0 Å². The summed E-state index contributed by atoms with van der Waals surface area (Å²) in [5.41, 5.74) is -0.971. The number of phenolic OH excluding ortho intramolecular Hbond substituents is 1. The third-order valence-electron chi connectivity index (χ3n) is 6.58. The Balaban J connectivity index is 1.84. The van der Waals surface area contributed by atoms with Crippen molar-refractivity contribution in [3.8, 4) is 17.2 Å². The van der Waals surface area contributed by atoms with Gasteiger partial charge < -0.3 is 19.7 Å². The number of methoxy groups -OCH3 is 2. The Morgan fingerprint density at radius 3 is 2.24 bits per heavy atom. The third-order valence-corrected chi connectivity index (χ3v) is 6.58. The molecule has 0 radical (unpaired) electrons. The molecule has 0 saturated carbocycles. The highest BCUT2D eigenvalue weighted by atomic mass is 16.5. The van der Waals surface area contributed by atoms with E-state index in [0.29, 0.717) is 29.2 Å². The van der Waals surface area contributed by atoms with Crippen LogP contribution in [-0.2, 0) is 14.4 Å². The van der Waals surface area contributed by atoms with Crippen molar-refractivity contribution in [2.45, 2.75) is 31.3 Å². The molecule has 2 heterocycles. The van der Waals surface area contributed by atoms with Crippen LogP contribution in [-0.4, -0.2) is 47.8 Å². The molecule has 2 aromatic carbocycles. The molecule has 2 fully saturated rings. The summed E-state index contributed by atoms with van der Waals surface area (Å²) in [7, 11) is 2.97. The lowest BCUT2D eigenvalue weighted by molar-refractivity contribution is -0.149. The minimum absolute atomic E-state index is 0.145. The lowest BCUT2D eigenvalue weighted by Crippen LogP contribution is -2.55. The van der Waals surface area contributed by atoms with Gasteiger partial charge in [-0.2, -0.15) is 0 Å². The first kappa shape index (κ1) is 22.6. The molecule has 2 aliphatic heterocycles. The normalized spacial score (nSPS) is 26.4. The minimum atomic E-state index is -1.65. The number of phenols is 1. The number of carbonyl (C=O) groups excluding carboxylic acids is 2. The first-order valence-electron chi connectivity index (χ1n) is 10.7. The Bertz CT molecular complexity index is 1100. The first-order chi connectivity index (χ1) is 15.8. The van der Waals surface area contributed by atoms with Gasteiger partial charge in [-0.25, -0.2) is 4.90 Å². The fourth-order valence-corrected chi connectivity index (χ4v) is 5.10. The maximum atomic E-state index is 13.6. The molecular formula is C24H26N2O7. The standard InChI is InChI=1S/C24H26N2O7/c1-4-11-24(23(30)31)19-18(20(25-24)16-10-9-15(33-3)12-17(16)27)21(28)26(22(19)29)13-5-7-14(32-2)8-6-13/h5-10,12,18-20,25,27H,4,11H2,1-3H3,(H,30,31)/t18-,19+,20-,24-/m0/s1. The lowest BCUT2D eigenvalue weighted by atomic mass is 9.77. The summed E-state index contributed by atoms with van der Waals surface area (Å²) in [6.45, 7) is 1.82. The van der Waals surface area contributed by atoms with Crippen LogP contribution in [0.5, 0.6) is 17.2 Å². The molecule has 2 aliphatic rings. The van der Waals surface area contributed by atoms with Crippen LogP contribution in [0.15, 0.2) is 42.5 Å². The molecule has 2 amide bonds. The highest BCUT2D eigenvalue weighted by molar-refractivity contribution is 6.24. The van der Waals surface area contributed by atoms with Crippen LogP contribution >= 0.6 is 0 Å². The van der Waals surface area contributed by atoms with Gasteiger partial charge in [0.2, 0.25) is 11.8 Å². The van der Waals surface area contributed by atoms with E-state index < -0.39 is 41.2 Å². The second-order valence-electron chi connectivity index (χ2n) is 8.29. The summed E-state index contributed by atoms with van der Waals surface area (Å²) in [6.07, 6.45) is 0.625. The van der Waals surface area contributed by atoms with Gasteiger partial charge in [0.1, 0.15) is 22.8 Å². The number of imide groups is 1. The monoisotopic (exact) mass is 454 g/mol. The fourth-order valence-electron chi connectivity index (χ4n) is 5.10. The highest BCUT2D eigenvalue weighted by Crippen LogP contribution is 2.52.